The molecule has 4 aliphatic carbocycles. The Kier molecular flexibility index (Phi) is 5.76. The topological polar surface area (TPSA) is 40.5 Å². The number of hydrogen-bond donors (Lipinski definition) is 1. The summed E-state index contributed by atoms with van der Waals surface area (Å²) in [5.74, 6) is 8.82. The molecule has 5 rings (SSSR count). The van der Waals surface area contributed by atoms with Crippen LogP contribution in [0.15, 0.2) is 35.9 Å². The Labute approximate surface area is 206 Å². The standard InChI is InChI=1S/C31H41NO2/c1-6-7-16-31(34)18-15-27-25-13-10-22-19-24(33)14-17-29(22,2)28(25)26(20-30(27,31)3)21-8-11-23(12-9-21)32(4)5/h8-9,11-12,19,25-28,34H,6,10,13-15,17-18,20H2,1-5H3/t25-,26+,27-,28?,29-,30-,31-/m0/s1. The van der Waals surface area contributed by atoms with Crippen LogP contribution in [0.5, 0.6) is 0 Å². The first kappa shape index (κ1) is 23.7. The molecule has 34 heavy (non-hydrogen) atoms. The number of nitrogens with zero attached hydrogens (tertiary/aromatic N) is 1. The summed E-state index contributed by atoms with van der Waals surface area (Å²) in [5.41, 5.74) is 2.95. The van der Waals surface area contributed by atoms with E-state index in [1.54, 1.807) is 0 Å². The van der Waals surface area contributed by atoms with Gasteiger partial charge in [-0.05, 0) is 91.4 Å². The lowest BCUT2D eigenvalue weighted by molar-refractivity contribution is -0.122. The molecule has 3 fully saturated rings. The second kappa shape index (κ2) is 8.27. The molecular weight excluding hydrogens is 418 g/mol. The molecule has 3 nitrogen and oxygen atoms in total. The second-order valence-electron chi connectivity index (χ2n) is 12.2. The maximum atomic E-state index is 12.4. The molecule has 7 atom stereocenters. The van der Waals surface area contributed by atoms with E-state index in [0.717, 1.165) is 44.9 Å². The number of rotatable bonds is 2. The minimum atomic E-state index is -0.903. The van der Waals surface area contributed by atoms with Crippen LogP contribution in [-0.4, -0.2) is 30.6 Å². The van der Waals surface area contributed by atoms with Crippen molar-refractivity contribution in [3.8, 4) is 11.8 Å². The van der Waals surface area contributed by atoms with Gasteiger partial charge in [-0.3, -0.25) is 4.79 Å². The van der Waals surface area contributed by atoms with Gasteiger partial charge in [-0.25, -0.2) is 0 Å². The van der Waals surface area contributed by atoms with Crippen LogP contribution in [0.25, 0.3) is 0 Å². The first-order valence-electron chi connectivity index (χ1n) is 13.4. The molecule has 0 aliphatic heterocycles. The fourth-order valence-corrected chi connectivity index (χ4v) is 8.53. The summed E-state index contributed by atoms with van der Waals surface area (Å²) in [6.07, 6.45) is 9.39. The Morgan fingerprint density at radius 2 is 1.82 bits per heavy atom. The van der Waals surface area contributed by atoms with E-state index in [1.807, 2.05) is 6.08 Å². The molecule has 0 bridgehead atoms. The first-order valence-corrected chi connectivity index (χ1v) is 13.4. The van der Waals surface area contributed by atoms with Crippen molar-refractivity contribution < 1.29 is 9.90 Å². The van der Waals surface area contributed by atoms with E-state index < -0.39 is 5.60 Å². The molecule has 0 saturated heterocycles. The van der Waals surface area contributed by atoms with E-state index in [1.165, 1.54) is 16.8 Å². The minimum absolute atomic E-state index is 0.0683. The Morgan fingerprint density at radius 3 is 2.50 bits per heavy atom. The molecule has 1 unspecified atom stereocenters. The number of carbonyl (C=O) groups is 1. The van der Waals surface area contributed by atoms with Crippen molar-refractivity contribution in [3.05, 3.63) is 41.5 Å². The van der Waals surface area contributed by atoms with Crippen LogP contribution >= 0.6 is 0 Å². The Morgan fingerprint density at radius 1 is 1.09 bits per heavy atom. The van der Waals surface area contributed by atoms with E-state index in [0.29, 0.717) is 35.9 Å². The summed E-state index contributed by atoms with van der Waals surface area (Å²) >= 11 is 0. The SMILES string of the molecule is CCC#C[C@]1(O)CC[C@H]2[C@@H]3CCC4=CC(=O)CC[C@]4(C)C3[C@@H](c3ccc(N(C)C)cc3)C[C@@]21C. The van der Waals surface area contributed by atoms with Crippen molar-refractivity contribution in [3.63, 3.8) is 0 Å². The molecule has 0 aromatic heterocycles. The van der Waals surface area contributed by atoms with Gasteiger partial charge in [0.05, 0.1) is 0 Å². The normalized spacial score (nSPS) is 40.9. The van der Waals surface area contributed by atoms with Crippen molar-refractivity contribution in [2.75, 3.05) is 19.0 Å². The van der Waals surface area contributed by atoms with Crippen LogP contribution in [-0.2, 0) is 4.79 Å². The average molecular weight is 460 g/mol. The van der Waals surface area contributed by atoms with Gasteiger partial charge in [-0.15, -0.1) is 5.92 Å². The Hall–Kier alpha value is -2.05. The Balaban J connectivity index is 1.63. The summed E-state index contributed by atoms with van der Waals surface area (Å²) in [6, 6.07) is 9.12. The third kappa shape index (κ3) is 3.40. The number of aliphatic hydroxyl groups is 1. The van der Waals surface area contributed by atoms with Gasteiger partial charge in [0.2, 0.25) is 0 Å². The fourth-order valence-electron chi connectivity index (χ4n) is 8.53. The molecule has 0 heterocycles. The molecule has 1 aromatic carbocycles. The largest absolute Gasteiger partial charge is 0.378 e. The first-order chi connectivity index (χ1) is 16.1. The summed E-state index contributed by atoms with van der Waals surface area (Å²) < 4.78 is 0. The van der Waals surface area contributed by atoms with Gasteiger partial charge < -0.3 is 10.0 Å². The molecule has 182 valence electrons. The van der Waals surface area contributed by atoms with E-state index in [2.05, 4.69) is 75.9 Å². The number of ketones is 1. The lowest BCUT2D eigenvalue weighted by atomic mass is 9.43. The van der Waals surface area contributed by atoms with E-state index >= 15 is 0 Å². The summed E-state index contributed by atoms with van der Waals surface area (Å²) in [6.45, 7) is 6.85. The van der Waals surface area contributed by atoms with Gasteiger partial charge >= 0.3 is 0 Å². The molecular formula is C31H41NO2. The van der Waals surface area contributed by atoms with Crippen LogP contribution in [0, 0.1) is 40.4 Å². The number of allylic oxidation sites excluding steroid dienone is 1. The predicted molar refractivity (Wildman–Crippen MR) is 139 cm³/mol. The van der Waals surface area contributed by atoms with Crippen molar-refractivity contribution in [2.45, 2.75) is 83.7 Å². The maximum absolute atomic E-state index is 12.4. The van der Waals surface area contributed by atoms with Crippen LogP contribution in [0.2, 0.25) is 0 Å². The summed E-state index contributed by atoms with van der Waals surface area (Å²) in [4.78, 5) is 14.5. The van der Waals surface area contributed by atoms with Crippen LogP contribution < -0.4 is 4.90 Å². The zero-order valence-electron chi connectivity index (χ0n) is 21.7. The van der Waals surface area contributed by atoms with E-state index in [-0.39, 0.29) is 10.8 Å². The third-order valence-corrected chi connectivity index (χ3v) is 10.4. The van der Waals surface area contributed by atoms with Crippen molar-refractivity contribution in [1.29, 1.82) is 0 Å². The number of carbonyl (C=O) groups excluding carboxylic acids is 1. The molecule has 1 N–H and O–H groups in total. The van der Waals surface area contributed by atoms with Gasteiger partial charge in [0.25, 0.3) is 0 Å². The number of anilines is 1. The fraction of sp³-hybridized carbons (Fsp3) is 0.645. The molecule has 0 spiro atoms. The van der Waals surface area contributed by atoms with Gasteiger partial charge in [0.15, 0.2) is 5.78 Å². The molecule has 3 saturated carbocycles. The zero-order valence-corrected chi connectivity index (χ0v) is 21.7. The van der Waals surface area contributed by atoms with Gasteiger partial charge in [-0.2, -0.15) is 0 Å². The number of hydrogen-bond acceptors (Lipinski definition) is 3. The second-order valence-corrected chi connectivity index (χ2v) is 12.2. The number of fused-ring (bicyclic) bond motifs is 5. The average Bonchev–Trinajstić information content (AvgIpc) is 3.08. The highest BCUT2D eigenvalue weighted by molar-refractivity contribution is 5.91. The highest BCUT2D eigenvalue weighted by atomic mass is 16.3. The van der Waals surface area contributed by atoms with Gasteiger partial charge in [0.1, 0.15) is 5.60 Å². The molecule has 0 radical (unpaired) electrons. The molecule has 0 amide bonds. The smallest absolute Gasteiger partial charge is 0.155 e. The van der Waals surface area contributed by atoms with Crippen molar-refractivity contribution >= 4 is 11.5 Å². The van der Waals surface area contributed by atoms with E-state index in [4.69, 9.17) is 0 Å². The Bertz CT molecular complexity index is 1060. The van der Waals surface area contributed by atoms with Crippen LogP contribution in [0.1, 0.15) is 83.6 Å². The molecule has 3 heteroatoms. The molecule has 1 aromatic rings. The monoisotopic (exact) mass is 459 g/mol. The predicted octanol–water partition coefficient (Wildman–Crippen LogP) is 6.12. The quantitative estimate of drug-likeness (QED) is 0.542. The van der Waals surface area contributed by atoms with E-state index in [9.17, 15) is 9.90 Å². The minimum Gasteiger partial charge on any atom is -0.378 e. The number of benzene rings is 1. The lowest BCUT2D eigenvalue weighted by Crippen LogP contribution is -2.57. The zero-order chi connectivity index (χ0) is 24.3. The summed E-state index contributed by atoms with van der Waals surface area (Å²) in [7, 11) is 4.17. The van der Waals surface area contributed by atoms with Crippen molar-refractivity contribution in [2.24, 2.45) is 28.6 Å². The van der Waals surface area contributed by atoms with Crippen LogP contribution in [0.4, 0.5) is 5.69 Å². The highest BCUT2D eigenvalue weighted by Crippen LogP contribution is 2.70. The molecule has 4 aliphatic rings. The third-order valence-electron chi connectivity index (χ3n) is 10.4. The van der Waals surface area contributed by atoms with Crippen molar-refractivity contribution in [1.82, 2.24) is 0 Å². The van der Waals surface area contributed by atoms with Gasteiger partial charge in [-0.1, -0.05) is 44.4 Å². The highest BCUT2D eigenvalue weighted by Gasteiger charge is 2.66. The summed E-state index contributed by atoms with van der Waals surface area (Å²) in [5, 5.41) is 11.9. The maximum Gasteiger partial charge on any atom is 0.155 e. The lowest BCUT2D eigenvalue weighted by Gasteiger charge is -2.61. The van der Waals surface area contributed by atoms with Crippen LogP contribution in [0.3, 0.4) is 0 Å². The van der Waals surface area contributed by atoms with Gasteiger partial charge in [0, 0.05) is 38.0 Å².